The zero-order valence-electron chi connectivity index (χ0n) is 16.0. The van der Waals surface area contributed by atoms with Crippen molar-refractivity contribution in [1.29, 1.82) is 0 Å². The maximum absolute atomic E-state index is 6.02. The average molecular weight is 423 g/mol. The first-order valence-electron chi connectivity index (χ1n) is 9.75. The first-order chi connectivity index (χ1) is 14.8. The van der Waals surface area contributed by atoms with Crippen LogP contribution in [0.3, 0.4) is 0 Å². The third kappa shape index (κ3) is 4.00. The van der Waals surface area contributed by atoms with Gasteiger partial charge in [-0.3, -0.25) is 0 Å². The second-order valence-electron chi connectivity index (χ2n) is 7.16. The molecule has 2 fully saturated rings. The molecule has 4 unspecified atom stereocenters. The van der Waals surface area contributed by atoms with E-state index in [-0.39, 0.29) is 24.3 Å². The highest BCUT2D eigenvalue weighted by Gasteiger charge is 2.48. The molecule has 0 saturated carbocycles. The second kappa shape index (κ2) is 8.39. The molecular formula is C21H21N5O3S. The SMILES string of the molecule is S=C(Nc1ccccc1)NC1COC2C(Nc3nccc(-c4ccco4)n3)COC12. The highest BCUT2D eigenvalue weighted by molar-refractivity contribution is 7.80. The van der Waals surface area contributed by atoms with Crippen molar-refractivity contribution in [1.82, 2.24) is 15.3 Å². The summed E-state index contributed by atoms with van der Waals surface area (Å²) in [4.78, 5) is 8.85. The van der Waals surface area contributed by atoms with Crippen molar-refractivity contribution >= 4 is 29.0 Å². The predicted octanol–water partition coefficient (Wildman–Crippen LogP) is 2.67. The first kappa shape index (κ1) is 19.0. The number of furan rings is 1. The highest BCUT2D eigenvalue weighted by Crippen LogP contribution is 2.29. The molecule has 0 radical (unpaired) electrons. The largest absolute Gasteiger partial charge is 0.463 e. The summed E-state index contributed by atoms with van der Waals surface area (Å²) in [5, 5.41) is 10.4. The standard InChI is InChI=1S/C21H21N5O3S/c30-21(23-13-5-2-1-3-6-13)26-16-12-29-18-15(11-28-19(16)18)25-20-22-9-8-14(24-20)17-7-4-10-27-17/h1-10,15-16,18-19H,11-12H2,(H,22,24,25)(H2,23,26,30). The summed E-state index contributed by atoms with van der Waals surface area (Å²) >= 11 is 5.44. The van der Waals surface area contributed by atoms with Gasteiger partial charge in [0, 0.05) is 11.9 Å². The van der Waals surface area contributed by atoms with E-state index in [1.165, 1.54) is 0 Å². The van der Waals surface area contributed by atoms with E-state index in [1.54, 1.807) is 12.5 Å². The smallest absolute Gasteiger partial charge is 0.223 e. The third-order valence-electron chi connectivity index (χ3n) is 5.15. The van der Waals surface area contributed by atoms with Gasteiger partial charge in [-0.15, -0.1) is 0 Å². The second-order valence-corrected chi connectivity index (χ2v) is 7.57. The van der Waals surface area contributed by atoms with E-state index in [2.05, 4.69) is 25.9 Å². The minimum Gasteiger partial charge on any atom is -0.463 e. The molecule has 0 spiro atoms. The summed E-state index contributed by atoms with van der Waals surface area (Å²) in [7, 11) is 0. The van der Waals surface area contributed by atoms with E-state index in [0.717, 1.165) is 11.4 Å². The summed E-state index contributed by atoms with van der Waals surface area (Å²) < 4.78 is 17.4. The van der Waals surface area contributed by atoms with Gasteiger partial charge in [-0.05, 0) is 42.5 Å². The normalized spacial score (nSPS) is 24.9. The van der Waals surface area contributed by atoms with Gasteiger partial charge in [-0.2, -0.15) is 0 Å². The van der Waals surface area contributed by atoms with E-state index in [4.69, 9.17) is 26.1 Å². The fourth-order valence-corrected chi connectivity index (χ4v) is 4.03. The zero-order valence-corrected chi connectivity index (χ0v) is 16.8. The number of anilines is 2. The molecule has 1 aromatic carbocycles. The highest BCUT2D eigenvalue weighted by atomic mass is 32.1. The van der Waals surface area contributed by atoms with Crippen LogP contribution in [0.5, 0.6) is 0 Å². The van der Waals surface area contributed by atoms with Crippen LogP contribution in [0.25, 0.3) is 11.5 Å². The molecule has 5 rings (SSSR count). The van der Waals surface area contributed by atoms with Gasteiger partial charge < -0.3 is 29.8 Å². The summed E-state index contributed by atoms with van der Waals surface area (Å²) in [5.74, 6) is 1.21. The van der Waals surface area contributed by atoms with Crippen molar-refractivity contribution in [2.45, 2.75) is 24.3 Å². The third-order valence-corrected chi connectivity index (χ3v) is 5.37. The van der Waals surface area contributed by atoms with Crippen LogP contribution in [-0.4, -0.2) is 52.6 Å². The number of thiocarbonyl (C=S) groups is 1. The summed E-state index contributed by atoms with van der Waals surface area (Å²) in [6.45, 7) is 1.01. The molecule has 0 aliphatic carbocycles. The number of benzene rings is 1. The molecule has 3 aromatic rings. The van der Waals surface area contributed by atoms with Gasteiger partial charge in [0.25, 0.3) is 0 Å². The first-order valence-corrected chi connectivity index (χ1v) is 10.2. The number of para-hydroxylation sites is 1. The molecule has 4 heterocycles. The number of hydrogen-bond acceptors (Lipinski definition) is 7. The molecule has 9 heteroatoms. The molecular weight excluding hydrogens is 402 g/mol. The summed E-state index contributed by atoms with van der Waals surface area (Å²) in [6.07, 6.45) is 3.11. The molecule has 8 nitrogen and oxygen atoms in total. The van der Waals surface area contributed by atoms with Crippen LogP contribution < -0.4 is 16.0 Å². The maximum atomic E-state index is 6.02. The summed E-state index contributed by atoms with van der Waals surface area (Å²) in [6, 6.07) is 15.2. The lowest BCUT2D eigenvalue weighted by atomic mass is 10.1. The average Bonchev–Trinajstić information content (AvgIpc) is 3.50. The van der Waals surface area contributed by atoms with Gasteiger partial charge in [0.15, 0.2) is 10.9 Å². The van der Waals surface area contributed by atoms with Crippen LogP contribution in [0.4, 0.5) is 11.6 Å². The molecule has 154 valence electrons. The van der Waals surface area contributed by atoms with E-state index >= 15 is 0 Å². The van der Waals surface area contributed by atoms with Gasteiger partial charge in [-0.25, -0.2) is 9.97 Å². The van der Waals surface area contributed by atoms with Crippen molar-refractivity contribution < 1.29 is 13.9 Å². The van der Waals surface area contributed by atoms with Crippen molar-refractivity contribution in [3.63, 3.8) is 0 Å². The minimum absolute atomic E-state index is 0.0270. The Morgan fingerprint density at radius 1 is 0.967 bits per heavy atom. The van der Waals surface area contributed by atoms with E-state index in [0.29, 0.717) is 30.0 Å². The van der Waals surface area contributed by atoms with Crippen LogP contribution in [0.1, 0.15) is 0 Å². The number of nitrogens with zero attached hydrogens (tertiary/aromatic N) is 2. The Labute approximate surface area is 179 Å². The number of rotatable bonds is 5. The van der Waals surface area contributed by atoms with Crippen LogP contribution in [0, 0.1) is 0 Å². The molecule has 2 aliphatic heterocycles. The number of nitrogens with one attached hydrogen (secondary N) is 3. The molecule has 4 atom stereocenters. The quantitative estimate of drug-likeness (QED) is 0.536. The Hall–Kier alpha value is -3.01. The monoisotopic (exact) mass is 423 g/mol. The van der Waals surface area contributed by atoms with E-state index < -0.39 is 0 Å². The van der Waals surface area contributed by atoms with Crippen molar-refractivity contribution in [2.75, 3.05) is 23.8 Å². The lowest BCUT2D eigenvalue weighted by Crippen LogP contribution is -2.46. The van der Waals surface area contributed by atoms with Gasteiger partial charge in [0.2, 0.25) is 5.95 Å². The molecule has 2 aliphatic rings. The number of aromatic nitrogens is 2. The van der Waals surface area contributed by atoms with Gasteiger partial charge in [-0.1, -0.05) is 18.2 Å². The topological polar surface area (TPSA) is 93.5 Å². The predicted molar refractivity (Wildman–Crippen MR) is 116 cm³/mol. The minimum atomic E-state index is -0.113. The van der Waals surface area contributed by atoms with Crippen molar-refractivity contribution in [3.8, 4) is 11.5 Å². The Balaban J connectivity index is 1.20. The Morgan fingerprint density at radius 3 is 2.57 bits per heavy atom. The lowest BCUT2D eigenvalue weighted by molar-refractivity contribution is 0.0689. The fourth-order valence-electron chi connectivity index (χ4n) is 3.76. The summed E-state index contributed by atoms with van der Waals surface area (Å²) in [5.41, 5.74) is 1.66. The molecule has 0 amide bonds. The lowest BCUT2D eigenvalue weighted by Gasteiger charge is -2.20. The van der Waals surface area contributed by atoms with Crippen LogP contribution in [0.15, 0.2) is 65.4 Å². The van der Waals surface area contributed by atoms with Crippen molar-refractivity contribution in [2.24, 2.45) is 0 Å². The Morgan fingerprint density at radius 2 is 1.77 bits per heavy atom. The maximum Gasteiger partial charge on any atom is 0.223 e. The zero-order chi connectivity index (χ0) is 20.3. The van der Waals surface area contributed by atoms with Gasteiger partial charge >= 0.3 is 0 Å². The van der Waals surface area contributed by atoms with Gasteiger partial charge in [0.1, 0.15) is 17.9 Å². The Bertz CT molecular complexity index is 1000. The van der Waals surface area contributed by atoms with E-state index in [1.807, 2.05) is 48.5 Å². The molecule has 30 heavy (non-hydrogen) atoms. The van der Waals surface area contributed by atoms with Crippen LogP contribution in [0.2, 0.25) is 0 Å². The van der Waals surface area contributed by atoms with Crippen molar-refractivity contribution in [3.05, 3.63) is 61.0 Å². The van der Waals surface area contributed by atoms with E-state index in [9.17, 15) is 0 Å². The Kier molecular flexibility index (Phi) is 5.31. The fraction of sp³-hybridized carbons (Fsp3) is 0.286. The molecule has 0 bridgehead atoms. The van der Waals surface area contributed by atoms with Gasteiger partial charge in [0.05, 0.1) is 31.6 Å². The number of fused-ring (bicyclic) bond motifs is 1. The molecule has 3 N–H and O–H groups in total. The molecule has 2 aromatic heterocycles. The van der Waals surface area contributed by atoms with Crippen LogP contribution >= 0.6 is 12.2 Å². The van der Waals surface area contributed by atoms with Crippen LogP contribution in [-0.2, 0) is 9.47 Å². The molecule has 2 saturated heterocycles. The number of hydrogen-bond donors (Lipinski definition) is 3. The number of ether oxygens (including phenoxy) is 2.